The number of benzene rings is 2. The molecule has 3 N–H and O–H groups in total. The highest BCUT2D eigenvalue weighted by atomic mass is 32.1. The second-order valence-electron chi connectivity index (χ2n) is 5.97. The third-order valence-electron chi connectivity index (χ3n) is 4.02. The second-order valence-corrected chi connectivity index (χ2v) is 6.92. The highest BCUT2D eigenvalue weighted by Crippen LogP contribution is 2.13. The van der Waals surface area contributed by atoms with Gasteiger partial charge in [-0.05, 0) is 47.3 Å². The van der Waals surface area contributed by atoms with E-state index in [0.29, 0.717) is 28.2 Å². The number of amides is 3. The molecule has 2 aromatic carbocycles. The molecule has 0 aliphatic rings. The predicted molar refractivity (Wildman–Crippen MR) is 110 cm³/mol. The Morgan fingerprint density at radius 3 is 2.32 bits per heavy atom. The maximum absolute atomic E-state index is 12.4. The smallest absolute Gasteiger partial charge is 0.261 e. The lowest BCUT2D eigenvalue weighted by molar-refractivity contribution is 0.0950. The highest BCUT2D eigenvalue weighted by Gasteiger charge is 2.09. The lowest BCUT2D eigenvalue weighted by Crippen LogP contribution is -2.21. The number of anilines is 1. The molecule has 28 heavy (non-hydrogen) atoms. The summed E-state index contributed by atoms with van der Waals surface area (Å²) >= 11 is 1.39. The SMILES string of the molecule is CNC(=O)c1cccc(NC(=O)c2ccc(CNC(=O)c3cccs3)cc2)c1. The van der Waals surface area contributed by atoms with Crippen LogP contribution in [0.25, 0.3) is 0 Å². The molecule has 0 aliphatic carbocycles. The Morgan fingerprint density at radius 1 is 0.857 bits per heavy atom. The van der Waals surface area contributed by atoms with E-state index in [1.807, 2.05) is 11.4 Å². The van der Waals surface area contributed by atoms with Gasteiger partial charge in [-0.15, -0.1) is 11.3 Å². The summed E-state index contributed by atoms with van der Waals surface area (Å²) in [5.74, 6) is -0.610. The summed E-state index contributed by atoms with van der Waals surface area (Å²) in [6, 6.07) is 17.3. The van der Waals surface area contributed by atoms with Crippen molar-refractivity contribution >= 4 is 34.7 Å². The van der Waals surface area contributed by atoms with E-state index in [-0.39, 0.29) is 17.7 Å². The number of nitrogens with one attached hydrogen (secondary N) is 3. The fourth-order valence-electron chi connectivity index (χ4n) is 2.54. The van der Waals surface area contributed by atoms with Gasteiger partial charge in [0.15, 0.2) is 0 Å². The Bertz CT molecular complexity index is 982. The normalized spacial score (nSPS) is 10.2. The average molecular weight is 393 g/mol. The largest absolute Gasteiger partial charge is 0.355 e. The van der Waals surface area contributed by atoms with Crippen molar-refractivity contribution in [3.05, 3.63) is 87.6 Å². The standard InChI is InChI=1S/C21H19N3O3S/c1-22-19(25)16-4-2-5-17(12-16)24-20(26)15-9-7-14(8-10-15)13-23-21(27)18-6-3-11-28-18/h2-12H,13H2,1H3,(H,22,25)(H,23,27)(H,24,26). The maximum Gasteiger partial charge on any atom is 0.261 e. The van der Waals surface area contributed by atoms with Crippen molar-refractivity contribution in [1.29, 1.82) is 0 Å². The van der Waals surface area contributed by atoms with E-state index in [9.17, 15) is 14.4 Å². The lowest BCUT2D eigenvalue weighted by atomic mass is 10.1. The van der Waals surface area contributed by atoms with Crippen LogP contribution in [0.4, 0.5) is 5.69 Å². The van der Waals surface area contributed by atoms with E-state index in [4.69, 9.17) is 0 Å². The monoisotopic (exact) mass is 393 g/mol. The van der Waals surface area contributed by atoms with Gasteiger partial charge in [-0.1, -0.05) is 24.3 Å². The molecule has 0 fully saturated rings. The molecule has 0 saturated heterocycles. The molecule has 0 bridgehead atoms. The molecule has 1 aromatic heterocycles. The minimum absolute atomic E-state index is 0.118. The predicted octanol–water partition coefficient (Wildman–Crippen LogP) is 3.29. The topological polar surface area (TPSA) is 87.3 Å². The molecular formula is C21H19N3O3S. The van der Waals surface area contributed by atoms with Gasteiger partial charge >= 0.3 is 0 Å². The van der Waals surface area contributed by atoms with Gasteiger partial charge in [0.1, 0.15) is 0 Å². The van der Waals surface area contributed by atoms with Crippen molar-refractivity contribution in [3.63, 3.8) is 0 Å². The molecule has 6 nitrogen and oxygen atoms in total. The van der Waals surface area contributed by atoms with Gasteiger partial charge in [0.25, 0.3) is 17.7 Å². The van der Waals surface area contributed by atoms with Gasteiger partial charge in [-0.3, -0.25) is 14.4 Å². The van der Waals surface area contributed by atoms with Gasteiger partial charge < -0.3 is 16.0 Å². The second kappa shape index (κ2) is 8.96. The van der Waals surface area contributed by atoms with E-state index in [0.717, 1.165) is 5.56 Å². The first kappa shape index (κ1) is 19.3. The maximum atomic E-state index is 12.4. The number of thiophene rings is 1. The van der Waals surface area contributed by atoms with Crippen LogP contribution in [0.1, 0.15) is 36.0 Å². The quantitative estimate of drug-likeness (QED) is 0.601. The van der Waals surface area contributed by atoms with E-state index >= 15 is 0 Å². The first-order valence-electron chi connectivity index (χ1n) is 8.61. The molecule has 0 aliphatic heterocycles. The molecule has 0 atom stereocenters. The van der Waals surface area contributed by atoms with E-state index < -0.39 is 0 Å². The summed E-state index contributed by atoms with van der Waals surface area (Å²) in [5, 5.41) is 10.0. The van der Waals surface area contributed by atoms with Gasteiger partial charge in [-0.25, -0.2) is 0 Å². The molecule has 0 spiro atoms. The van der Waals surface area contributed by atoms with Gasteiger partial charge in [-0.2, -0.15) is 0 Å². The van der Waals surface area contributed by atoms with Crippen LogP contribution in [0.2, 0.25) is 0 Å². The van der Waals surface area contributed by atoms with Gasteiger partial charge in [0.05, 0.1) is 4.88 Å². The van der Waals surface area contributed by atoms with Crippen molar-refractivity contribution in [2.45, 2.75) is 6.54 Å². The first-order valence-corrected chi connectivity index (χ1v) is 9.49. The third-order valence-corrected chi connectivity index (χ3v) is 4.89. The highest BCUT2D eigenvalue weighted by molar-refractivity contribution is 7.12. The summed E-state index contributed by atoms with van der Waals surface area (Å²) in [4.78, 5) is 36.7. The van der Waals surface area contributed by atoms with Crippen molar-refractivity contribution in [2.24, 2.45) is 0 Å². The first-order chi connectivity index (χ1) is 13.6. The summed E-state index contributed by atoms with van der Waals surface area (Å²) in [6.07, 6.45) is 0. The number of rotatable bonds is 6. The van der Waals surface area contributed by atoms with Crippen molar-refractivity contribution in [3.8, 4) is 0 Å². The summed E-state index contributed by atoms with van der Waals surface area (Å²) < 4.78 is 0. The molecule has 1 heterocycles. The van der Waals surface area contributed by atoms with Crippen LogP contribution < -0.4 is 16.0 Å². The summed E-state index contributed by atoms with van der Waals surface area (Å²) in [6.45, 7) is 0.382. The Labute approximate surface area is 166 Å². The fourth-order valence-corrected chi connectivity index (χ4v) is 3.18. The number of hydrogen-bond donors (Lipinski definition) is 3. The van der Waals surface area contributed by atoms with Crippen LogP contribution in [0.15, 0.2) is 66.0 Å². The minimum Gasteiger partial charge on any atom is -0.355 e. The summed E-state index contributed by atoms with van der Waals surface area (Å²) in [5.41, 5.74) is 2.39. The molecule has 0 saturated carbocycles. The van der Waals surface area contributed by atoms with Crippen LogP contribution in [0, 0.1) is 0 Å². The van der Waals surface area contributed by atoms with Crippen LogP contribution in [0.5, 0.6) is 0 Å². The van der Waals surface area contributed by atoms with Crippen molar-refractivity contribution in [1.82, 2.24) is 10.6 Å². The zero-order valence-corrected chi connectivity index (χ0v) is 16.0. The zero-order chi connectivity index (χ0) is 19.9. The molecule has 0 radical (unpaired) electrons. The number of hydrogen-bond acceptors (Lipinski definition) is 4. The zero-order valence-electron chi connectivity index (χ0n) is 15.2. The van der Waals surface area contributed by atoms with Crippen LogP contribution in [-0.4, -0.2) is 24.8 Å². The molecule has 7 heteroatoms. The molecule has 142 valence electrons. The molecule has 0 unspecified atom stereocenters. The fraction of sp³-hybridized carbons (Fsp3) is 0.0952. The number of carbonyl (C=O) groups excluding carboxylic acids is 3. The Hall–Kier alpha value is -3.45. The van der Waals surface area contributed by atoms with Crippen molar-refractivity contribution in [2.75, 3.05) is 12.4 Å². The van der Waals surface area contributed by atoms with E-state index in [1.165, 1.54) is 11.3 Å². The number of carbonyl (C=O) groups is 3. The van der Waals surface area contributed by atoms with Gasteiger partial charge in [0.2, 0.25) is 0 Å². The molecule has 3 rings (SSSR count). The lowest BCUT2D eigenvalue weighted by Gasteiger charge is -2.08. The summed E-state index contributed by atoms with van der Waals surface area (Å²) in [7, 11) is 1.55. The van der Waals surface area contributed by atoms with Crippen molar-refractivity contribution < 1.29 is 14.4 Å². The Morgan fingerprint density at radius 2 is 1.64 bits per heavy atom. The van der Waals surface area contributed by atoms with E-state index in [1.54, 1.807) is 61.6 Å². The Kier molecular flexibility index (Phi) is 6.18. The minimum atomic E-state index is -0.275. The van der Waals surface area contributed by atoms with E-state index in [2.05, 4.69) is 16.0 Å². The Balaban J connectivity index is 1.59. The van der Waals surface area contributed by atoms with Crippen LogP contribution >= 0.6 is 11.3 Å². The van der Waals surface area contributed by atoms with Crippen LogP contribution in [0.3, 0.4) is 0 Å². The van der Waals surface area contributed by atoms with Gasteiger partial charge in [0, 0.05) is 30.4 Å². The molecule has 3 amide bonds. The van der Waals surface area contributed by atoms with Crippen LogP contribution in [-0.2, 0) is 6.54 Å². The third kappa shape index (κ3) is 4.83. The average Bonchev–Trinajstić information content (AvgIpc) is 3.27. The molecular weight excluding hydrogens is 374 g/mol. The molecule has 3 aromatic rings.